The molecule has 1 aromatic heterocycles. The zero-order valence-electron chi connectivity index (χ0n) is 9.02. The van der Waals surface area contributed by atoms with Gasteiger partial charge in [-0.25, -0.2) is 4.79 Å². The molecule has 0 aliphatic carbocycles. The number of carbonyl (C=O) groups is 1. The lowest BCUT2D eigenvalue weighted by molar-refractivity contribution is 0.0533. The van der Waals surface area contributed by atoms with Crippen LogP contribution < -0.4 is 0 Å². The van der Waals surface area contributed by atoms with Crippen LogP contribution in [0.15, 0.2) is 36.7 Å². The van der Waals surface area contributed by atoms with Crippen molar-refractivity contribution in [1.29, 1.82) is 0 Å². The van der Waals surface area contributed by atoms with E-state index in [1.165, 1.54) is 0 Å². The molecule has 1 aliphatic heterocycles. The van der Waals surface area contributed by atoms with E-state index < -0.39 is 0 Å². The maximum Gasteiger partial charge on any atom is 0.340 e. The van der Waals surface area contributed by atoms with Gasteiger partial charge in [-0.15, -0.1) is 0 Å². The number of halogens is 1. The van der Waals surface area contributed by atoms with E-state index in [9.17, 15) is 4.79 Å². The molecule has 2 heterocycles. The summed E-state index contributed by atoms with van der Waals surface area (Å²) < 4.78 is 6.88. The molecule has 0 spiro atoms. The highest BCUT2D eigenvalue weighted by molar-refractivity contribution is 6.31. The number of hydrogen-bond donors (Lipinski definition) is 0. The van der Waals surface area contributed by atoms with Crippen LogP contribution in [0.25, 0.3) is 0 Å². The minimum absolute atomic E-state index is 0.238. The third kappa shape index (κ3) is 1.83. The van der Waals surface area contributed by atoms with Crippen molar-refractivity contribution < 1.29 is 9.53 Å². The van der Waals surface area contributed by atoms with Gasteiger partial charge >= 0.3 is 5.97 Å². The van der Waals surface area contributed by atoms with Crippen molar-refractivity contribution in [3.63, 3.8) is 0 Å². The minimum atomic E-state index is -0.238. The first-order chi connectivity index (χ1) is 8.24. The number of ether oxygens (including phenoxy) is 1. The fourth-order valence-corrected chi connectivity index (χ4v) is 2.19. The Bertz CT molecular complexity index is 589. The normalized spacial score (nSPS) is 13.6. The summed E-state index contributed by atoms with van der Waals surface area (Å²) >= 11 is 6.09. The molecule has 0 radical (unpaired) electrons. The fourth-order valence-electron chi connectivity index (χ4n) is 1.99. The van der Waals surface area contributed by atoms with Gasteiger partial charge in [-0.3, -0.25) is 0 Å². The van der Waals surface area contributed by atoms with Gasteiger partial charge in [0.05, 0.1) is 5.56 Å². The van der Waals surface area contributed by atoms with E-state index in [1.54, 1.807) is 0 Å². The highest BCUT2D eigenvalue weighted by atomic mass is 35.5. The zero-order valence-corrected chi connectivity index (χ0v) is 9.78. The highest BCUT2D eigenvalue weighted by Crippen LogP contribution is 2.22. The lowest BCUT2D eigenvalue weighted by Crippen LogP contribution is -2.00. The Hall–Kier alpha value is -1.74. The molecular weight excluding hydrogens is 238 g/mol. The van der Waals surface area contributed by atoms with Gasteiger partial charge < -0.3 is 9.30 Å². The molecule has 1 aliphatic rings. The van der Waals surface area contributed by atoms with Gasteiger partial charge in [0.15, 0.2) is 0 Å². The molecular formula is C13H10ClNO2. The molecule has 3 rings (SSSR count). The standard InChI is InChI=1S/C13H10ClNO2/c14-12-4-2-1-3-9(12)5-15-6-10-8-17-13(16)11(10)7-15/h1-4,6-7H,5,8H2. The van der Waals surface area contributed by atoms with Crippen LogP contribution >= 0.6 is 11.6 Å². The first-order valence-corrected chi connectivity index (χ1v) is 5.71. The van der Waals surface area contributed by atoms with Gasteiger partial charge in [0.25, 0.3) is 0 Å². The van der Waals surface area contributed by atoms with Gasteiger partial charge in [0.2, 0.25) is 0 Å². The number of hydrogen-bond acceptors (Lipinski definition) is 2. The topological polar surface area (TPSA) is 31.2 Å². The summed E-state index contributed by atoms with van der Waals surface area (Å²) in [4.78, 5) is 11.3. The molecule has 86 valence electrons. The smallest absolute Gasteiger partial charge is 0.340 e. The Morgan fingerprint density at radius 1 is 1.29 bits per heavy atom. The first kappa shape index (κ1) is 10.4. The maximum absolute atomic E-state index is 11.3. The average Bonchev–Trinajstić information content (AvgIpc) is 2.85. The van der Waals surface area contributed by atoms with Crippen molar-refractivity contribution in [2.24, 2.45) is 0 Å². The van der Waals surface area contributed by atoms with E-state index in [4.69, 9.17) is 16.3 Å². The maximum atomic E-state index is 11.3. The third-order valence-electron chi connectivity index (χ3n) is 2.85. The second-order valence-electron chi connectivity index (χ2n) is 4.04. The molecule has 17 heavy (non-hydrogen) atoms. The molecule has 0 N–H and O–H groups in total. The molecule has 0 saturated heterocycles. The number of nitrogens with zero attached hydrogens (tertiary/aromatic N) is 1. The van der Waals surface area contributed by atoms with Crippen molar-refractivity contribution in [2.75, 3.05) is 0 Å². The van der Waals surface area contributed by atoms with Crippen molar-refractivity contribution in [3.8, 4) is 0 Å². The Kier molecular flexibility index (Phi) is 2.41. The molecule has 3 nitrogen and oxygen atoms in total. The Balaban J connectivity index is 1.90. The van der Waals surface area contributed by atoms with Gasteiger partial charge in [-0.05, 0) is 11.6 Å². The summed E-state index contributed by atoms with van der Waals surface area (Å²) in [6.07, 6.45) is 3.75. The molecule has 0 bridgehead atoms. The summed E-state index contributed by atoms with van der Waals surface area (Å²) in [5, 5.41) is 0.740. The number of carbonyl (C=O) groups excluding carboxylic acids is 1. The SMILES string of the molecule is O=C1OCc2cn(Cc3ccccc3Cl)cc21. The lowest BCUT2D eigenvalue weighted by Gasteiger charge is -2.05. The number of esters is 1. The Morgan fingerprint density at radius 3 is 2.88 bits per heavy atom. The second kappa shape index (κ2) is 3.93. The summed E-state index contributed by atoms with van der Waals surface area (Å²) in [6, 6.07) is 7.69. The monoisotopic (exact) mass is 247 g/mol. The van der Waals surface area contributed by atoms with Crippen LogP contribution in [0.2, 0.25) is 5.02 Å². The number of aromatic nitrogens is 1. The lowest BCUT2D eigenvalue weighted by atomic mass is 10.2. The van der Waals surface area contributed by atoms with Crippen LogP contribution in [0.5, 0.6) is 0 Å². The third-order valence-corrected chi connectivity index (χ3v) is 3.22. The van der Waals surface area contributed by atoms with Crippen LogP contribution in [0, 0.1) is 0 Å². The highest BCUT2D eigenvalue weighted by Gasteiger charge is 2.23. The summed E-state index contributed by atoms with van der Waals surface area (Å²) in [6.45, 7) is 1.05. The fraction of sp³-hybridized carbons (Fsp3) is 0.154. The summed E-state index contributed by atoms with van der Waals surface area (Å²) in [7, 11) is 0. The predicted octanol–water partition coefficient (Wildman–Crippen LogP) is 2.86. The van der Waals surface area contributed by atoms with E-state index in [-0.39, 0.29) is 5.97 Å². The van der Waals surface area contributed by atoms with Crippen LogP contribution in [0.3, 0.4) is 0 Å². The van der Waals surface area contributed by atoms with Crippen LogP contribution in [0.4, 0.5) is 0 Å². The molecule has 4 heteroatoms. The number of benzene rings is 1. The molecule has 0 fully saturated rings. The quantitative estimate of drug-likeness (QED) is 0.764. The van der Waals surface area contributed by atoms with E-state index in [1.807, 2.05) is 41.2 Å². The van der Waals surface area contributed by atoms with Crippen LogP contribution in [-0.2, 0) is 17.9 Å². The summed E-state index contributed by atoms with van der Waals surface area (Å²) in [5.41, 5.74) is 2.65. The number of cyclic esters (lactones) is 1. The Labute approximate surface area is 104 Å². The van der Waals surface area contributed by atoms with Crippen molar-refractivity contribution >= 4 is 17.6 Å². The minimum Gasteiger partial charge on any atom is -0.457 e. The van der Waals surface area contributed by atoms with Gasteiger partial charge in [0.1, 0.15) is 6.61 Å². The average molecular weight is 248 g/mol. The molecule has 0 amide bonds. The zero-order chi connectivity index (χ0) is 11.8. The molecule has 0 saturated carbocycles. The molecule has 1 aromatic carbocycles. The van der Waals surface area contributed by atoms with E-state index in [0.717, 1.165) is 16.1 Å². The van der Waals surface area contributed by atoms with Crippen LogP contribution in [-0.4, -0.2) is 10.5 Å². The van der Waals surface area contributed by atoms with Gasteiger partial charge in [-0.2, -0.15) is 0 Å². The van der Waals surface area contributed by atoms with E-state index in [2.05, 4.69) is 0 Å². The second-order valence-corrected chi connectivity index (χ2v) is 4.44. The van der Waals surface area contributed by atoms with Crippen molar-refractivity contribution in [2.45, 2.75) is 13.2 Å². The van der Waals surface area contributed by atoms with Crippen molar-refractivity contribution in [3.05, 3.63) is 58.4 Å². The van der Waals surface area contributed by atoms with Crippen molar-refractivity contribution in [1.82, 2.24) is 4.57 Å². The van der Waals surface area contributed by atoms with Crippen LogP contribution in [0.1, 0.15) is 21.5 Å². The van der Waals surface area contributed by atoms with E-state index >= 15 is 0 Å². The summed E-state index contributed by atoms with van der Waals surface area (Å²) in [5.74, 6) is -0.238. The molecule has 0 atom stereocenters. The van der Waals surface area contributed by atoms with Gasteiger partial charge in [0, 0.05) is 29.5 Å². The number of fused-ring (bicyclic) bond motifs is 1. The van der Waals surface area contributed by atoms with Gasteiger partial charge in [-0.1, -0.05) is 29.8 Å². The Morgan fingerprint density at radius 2 is 2.12 bits per heavy atom. The van der Waals surface area contributed by atoms with E-state index in [0.29, 0.717) is 18.7 Å². The molecule has 2 aromatic rings. The number of rotatable bonds is 2. The predicted molar refractivity (Wildman–Crippen MR) is 64.1 cm³/mol. The first-order valence-electron chi connectivity index (χ1n) is 5.33. The molecule has 0 unspecified atom stereocenters. The largest absolute Gasteiger partial charge is 0.457 e.